The Labute approximate surface area is 165 Å². The molecule has 0 amide bonds. The lowest BCUT2D eigenvalue weighted by Gasteiger charge is -2.19. The van der Waals surface area contributed by atoms with E-state index >= 15 is 0 Å². The zero-order valence-electron chi connectivity index (χ0n) is 16.6. The van der Waals surface area contributed by atoms with Gasteiger partial charge >= 0.3 is 0 Å². The zero-order chi connectivity index (χ0) is 19.7. The molecule has 0 spiro atoms. The van der Waals surface area contributed by atoms with Crippen LogP contribution in [-0.2, 0) is 6.42 Å². The van der Waals surface area contributed by atoms with Crippen molar-refractivity contribution in [2.45, 2.75) is 40.0 Å². The molecule has 4 nitrogen and oxygen atoms in total. The Morgan fingerprint density at radius 2 is 1.82 bits per heavy atom. The molecule has 2 heterocycles. The highest BCUT2D eigenvalue weighted by atomic mass is 15.1. The van der Waals surface area contributed by atoms with Crippen molar-refractivity contribution in [3.05, 3.63) is 70.8 Å². The van der Waals surface area contributed by atoms with E-state index in [4.69, 9.17) is 4.98 Å². The van der Waals surface area contributed by atoms with Gasteiger partial charge in [-0.05, 0) is 62.1 Å². The number of nitrogens with one attached hydrogen (secondary N) is 1. The van der Waals surface area contributed by atoms with Crippen LogP contribution in [0.5, 0.6) is 0 Å². The highest BCUT2D eigenvalue weighted by Gasteiger charge is 2.20. The fraction of sp³-hybridized carbons (Fsp3) is 0.250. The summed E-state index contributed by atoms with van der Waals surface area (Å²) in [6.45, 7) is 6.33. The van der Waals surface area contributed by atoms with Crippen LogP contribution in [0.25, 0.3) is 16.7 Å². The number of unbranched alkanes of at least 4 members (excludes halogenated alkanes) is 1. The van der Waals surface area contributed by atoms with Crippen molar-refractivity contribution >= 4 is 28.2 Å². The number of imidazole rings is 1. The Bertz CT molecular complexity index is 1190. The Kier molecular flexibility index (Phi) is 4.75. The second kappa shape index (κ2) is 7.36. The summed E-state index contributed by atoms with van der Waals surface area (Å²) in [6.07, 6.45) is 3.11. The van der Waals surface area contributed by atoms with Crippen molar-refractivity contribution < 1.29 is 0 Å². The third kappa shape index (κ3) is 2.99. The van der Waals surface area contributed by atoms with E-state index in [-0.39, 0.29) is 0 Å². The van der Waals surface area contributed by atoms with Crippen LogP contribution in [0.4, 0.5) is 11.5 Å². The number of nitriles is 1. The molecular weight excluding hydrogens is 344 g/mol. The van der Waals surface area contributed by atoms with Gasteiger partial charge in [-0.25, -0.2) is 4.98 Å². The normalized spacial score (nSPS) is 11.1. The molecule has 0 saturated carbocycles. The molecule has 2 aromatic heterocycles. The van der Waals surface area contributed by atoms with Crippen LogP contribution < -0.4 is 5.32 Å². The second-order valence-corrected chi connectivity index (χ2v) is 7.29. The van der Waals surface area contributed by atoms with E-state index in [1.165, 1.54) is 11.1 Å². The molecule has 0 saturated heterocycles. The molecule has 1 N–H and O–H groups in total. The van der Waals surface area contributed by atoms with Crippen molar-refractivity contribution in [2.24, 2.45) is 0 Å². The molecule has 0 radical (unpaired) electrons. The van der Waals surface area contributed by atoms with Crippen molar-refractivity contribution in [1.29, 1.82) is 5.26 Å². The lowest BCUT2D eigenvalue weighted by Crippen LogP contribution is -2.08. The van der Waals surface area contributed by atoms with E-state index in [0.717, 1.165) is 53.0 Å². The topological polar surface area (TPSA) is 53.1 Å². The third-order valence-electron chi connectivity index (χ3n) is 5.33. The van der Waals surface area contributed by atoms with Crippen molar-refractivity contribution in [2.75, 3.05) is 5.32 Å². The van der Waals surface area contributed by atoms with Gasteiger partial charge in [0.2, 0.25) is 0 Å². The standard InChI is InChI=1S/C24H24N4/c1-4-5-8-19-17(3)20(15-25)24-27-21-9-6-7-10-22(21)28(24)23(19)26-18-13-11-16(2)12-14-18/h6-7,9-14,26H,4-5,8H2,1-3H3. The first-order chi connectivity index (χ1) is 13.6. The van der Waals surface area contributed by atoms with Gasteiger partial charge < -0.3 is 5.32 Å². The molecule has 0 aliphatic rings. The van der Waals surface area contributed by atoms with Gasteiger partial charge in [0, 0.05) is 5.69 Å². The van der Waals surface area contributed by atoms with Gasteiger partial charge in [-0.2, -0.15) is 5.26 Å². The monoisotopic (exact) mass is 368 g/mol. The van der Waals surface area contributed by atoms with Crippen LogP contribution in [0.2, 0.25) is 0 Å². The molecular formula is C24H24N4. The lowest BCUT2D eigenvalue weighted by molar-refractivity contribution is 0.788. The van der Waals surface area contributed by atoms with Crippen LogP contribution >= 0.6 is 0 Å². The van der Waals surface area contributed by atoms with Gasteiger partial charge in [0.05, 0.1) is 16.6 Å². The Balaban J connectivity index is 2.05. The smallest absolute Gasteiger partial charge is 0.157 e. The van der Waals surface area contributed by atoms with Gasteiger partial charge in [0.25, 0.3) is 0 Å². The quantitative estimate of drug-likeness (QED) is 0.466. The highest BCUT2D eigenvalue weighted by Crippen LogP contribution is 2.33. The number of hydrogen-bond acceptors (Lipinski definition) is 3. The minimum absolute atomic E-state index is 0.664. The van der Waals surface area contributed by atoms with Gasteiger partial charge in [-0.15, -0.1) is 0 Å². The Morgan fingerprint density at radius 3 is 2.54 bits per heavy atom. The summed E-state index contributed by atoms with van der Waals surface area (Å²) < 4.78 is 2.12. The fourth-order valence-electron chi connectivity index (χ4n) is 3.75. The number of pyridine rings is 1. The summed E-state index contributed by atoms with van der Waals surface area (Å²) in [6, 6.07) is 18.9. The third-order valence-corrected chi connectivity index (χ3v) is 5.33. The zero-order valence-corrected chi connectivity index (χ0v) is 16.6. The second-order valence-electron chi connectivity index (χ2n) is 7.29. The molecule has 2 aromatic carbocycles. The van der Waals surface area contributed by atoms with E-state index in [1.54, 1.807) is 0 Å². The molecule has 4 rings (SSSR count). The maximum Gasteiger partial charge on any atom is 0.157 e. The Morgan fingerprint density at radius 1 is 1.07 bits per heavy atom. The first-order valence-corrected chi connectivity index (χ1v) is 9.80. The average molecular weight is 368 g/mol. The van der Waals surface area contributed by atoms with Crippen LogP contribution in [0.15, 0.2) is 48.5 Å². The van der Waals surface area contributed by atoms with E-state index in [0.29, 0.717) is 5.56 Å². The minimum atomic E-state index is 0.664. The van der Waals surface area contributed by atoms with Crippen LogP contribution in [0.3, 0.4) is 0 Å². The molecule has 0 aliphatic carbocycles. The molecule has 0 unspecified atom stereocenters. The summed E-state index contributed by atoms with van der Waals surface area (Å²) in [5.74, 6) is 1.01. The molecule has 4 aromatic rings. The van der Waals surface area contributed by atoms with Crippen molar-refractivity contribution in [3.63, 3.8) is 0 Å². The maximum absolute atomic E-state index is 9.88. The molecule has 0 bridgehead atoms. The summed E-state index contributed by atoms with van der Waals surface area (Å²) in [7, 11) is 0. The van der Waals surface area contributed by atoms with Gasteiger partial charge in [-0.1, -0.05) is 43.2 Å². The number of fused-ring (bicyclic) bond motifs is 3. The number of anilines is 2. The van der Waals surface area contributed by atoms with Crippen molar-refractivity contribution in [1.82, 2.24) is 9.38 Å². The van der Waals surface area contributed by atoms with E-state index < -0.39 is 0 Å². The molecule has 140 valence electrons. The highest BCUT2D eigenvalue weighted by molar-refractivity contribution is 5.87. The Hall–Kier alpha value is -3.32. The number of rotatable bonds is 5. The first kappa shape index (κ1) is 18.1. The predicted octanol–water partition coefficient (Wildman–Crippen LogP) is 6.06. The van der Waals surface area contributed by atoms with Crippen molar-refractivity contribution in [3.8, 4) is 6.07 Å². The van der Waals surface area contributed by atoms with Crippen LogP contribution in [0.1, 0.15) is 42.0 Å². The first-order valence-electron chi connectivity index (χ1n) is 9.80. The summed E-state index contributed by atoms with van der Waals surface area (Å²) >= 11 is 0. The number of para-hydroxylation sites is 2. The summed E-state index contributed by atoms with van der Waals surface area (Å²) in [5, 5.41) is 13.5. The summed E-state index contributed by atoms with van der Waals surface area (Å²) in [5.41, 5.74) is 7.77. The summed E-state index contributed by atoms with van der Waals surface area (Å²) in [4.78, 5) is 4.79. The van der Waals surface area contributed by atoms with Gasteiger partial charge in [0.15, 0.2) is 5.65 Å². The number of hydrogen-bond donors (Lipinski definition) is 1. The van der Waals surface area contributed by atoms with E-state index in [9.17, 15) is 5.26 Å². The number of nitrogens with zero attached hydrogens (tertiary/aromatic N) is 3. The molecule has 0 atom stereocenters. The van der Waals surface area contributed by atoms with Gasteiger partial charge in [-0.3, -0.25) is 4.40 Å². The van der Waals surface area contributed by atoms with Gasteiger partial charge in [0.1, 0.15) is 11.9 Å². The van der Waals surface area contributed by atoms with Crippen LogP contribution in [-0.4, -0.2) is 9.38 Å². The van der Waals surface area contributed by atoms with E-state index in [1.807, 2.05) is 25.1 Å². The molecule has 4 heteroatoms. The average Bonchev–Trinajstić information content (AvgIpc) is 3.08. The molecule has 0 fully saturated rings. The maximum atomic E-state index is 9.88. The number of benzene rings is 2. The van der Waals surface area contributed by atoms with Crippen LogP contribution in [0, 0.1) is 25.2 Å². The minimum Gasteiger partial charge on any atom is -0.341 e. The molecule has 28 heavy (non-hydrogen) atoms. The molecule has 0 aliphatic heterocycles. The van der Waals surface area contributed by atoms with E-state index in [2.05, 4.69) is 60.0 Å². The number of aryl methyl sites for hydroxylation is 1. The largest absolute Gasteiger partial charge is 0.341 e. The SMILES string of the molecule is CCCCc1c(C)c(C#N)c2nc3ccccc3n2c1Nc1ccc(C)cc1. The lowest BCUT2D eigenvalue weighted by atomic mass is 9.99. The number of aromatic nitrogens is 2. The fourth-order valence-corrected chi connectivity index (χ4v) is 3.75. The predicted molar refractivity (Wildman–Crippen MR) is 115 cm³/mol.